The van der Waals surface area contributed by atoms with Gasteiger partial charge in [0.05, 0.1) is 12.0 Å². The largest absolute Gasteiger partial charge is 0.468 e. The van der Waals surface area contributed by atoms with Gasteiger partial charge in [0.1, 0.15) is 11.2 Å². The van der Waals surface area contributed by atoms with Crippen LogP contribution in [0.5, 0.6) is 0 Å². The van der Waals surface area contributed by atoms with Crippen molar-refractivity contribution in [1.82, 2.24) is 9.71 Å². The van der Waals surface area contributed by atoms with E-state index in [1.165, 1.54) is 25.4 Å². The van der Waals surface area contributed by atoms with E-state index in [4.69, 9.17) is 11.6 Å². The summed E-state index contributed by atoms with van der Waals surface area (Å²) in [7, 11) is -2.65. The molecule has 6 nitrogen and oxygen atoms in total. The Balaban J connectivity index is 3.04. The number of rotatable bonds is 5. The number of hydrogen-bond donors (Lipinski definition) is 1. The molecule has 0 aliphatic rings. The molecule has 8 heteroatoms. The highest BCUT2D eigenvalue weighted by Gasteiger charge is 2.29. The minimum atomic E-state index is -3.86. The molecule has 0 aliphatic carbocycles. The summed E-state index contributed by atoms with van der Waals surface area (Å²) in [5.41, 5.74) is 0. The first-order chi connectivity index (χ1) is 8.77. The monoisotopic (exact) mass is 306 g/mol. The number of esters is 1. The molecule has 1 heterocycles. The summed E-state index contributed by atoms with van der Waals surface area (Å²) in [5.74, 6) is -0.890. The number of nitrogens with one attached hydrogen (secondary N) is 1. The maximum Gasteiger partial charge on any atom is 0.324 e. The smallest absolute Gasteiger partial charge is 0.324 e. The summed E-state index contributed by atoms with van der Waals surface area (Å²) in [6.07, 6.45) is 1.28. The third-order valence-corrected chi connectivity index (χ3v) is 4.06. The van der Waals surface area contributed by atoms with E-state index in [1.807, 2.05) is 0 Å². The lowest BCUT2D eigenvalue weighted by atomic mass is 10.1. The van der Waals surface area contributed by atoms with Crippen LogP contribution in [0, 0.1) is 5.92 Å². The number of pyridine rings is 1. The number of nitrogens with zero attached hydrogens (tertiary/aromatic N) is 1. The molecule has 0 bridgehead atoms. The molecule has 0 aromatic carbocycles. The second kappa shape index (κ2) is 6.31. The van der Waals surface area contributed by atoms with Crippen molar-refractivity contribution in [3.63, 3.8) is 0 Å². The fourth-order valence-electron chi connectivity index (χ4n) is 1.37. The molecule has 0 radical (unpaired) electrons. The second-order valence-electron chi connectivity index (χ2n) is 4.18. The average molecular weight is 307 g/mol. The van der Waals surface area contributed by atoms with Gasteiger partial charge in [-0.15, -0.1) is 0 Å². The molecule has 1 atom stereocenters. The maximum absolute atomic E-state index is 12.1. The molecule has 1 aromatic heterocycles. The van der Waals surface area contributed by atoms with E-state index in [1.54, 1.807) is 13.8 Å². The fourth-order valence-corrected chi connectivity index (χ4v) is 2.95. The van der Waals surface area contributed by atoms with Crippen LogP contribution in [0.15, 0.2) is 23.2 Å². The van der Waals surface area contributed by atoms with Gasteiger partial charge in [0.15, 0.2) is 0 Å². The van der Waals surface area contributed by atoms with E-state index in [-0.39, 0.29) is 16.0 Å². The van der Waals surface area contributed by atoms with Crippen molar-refractivity contribution in [1.29, 1.82) is 0 Å². The van der Waals surface area contributed by atoms with Gasteiger partial charge >= 0.3 is 5.97 Å². The van der Waals surface area contributed by atoms with Gasteiger partial charge in [-0.1, -0.05) is 25.4 Å². The van der Waals surface area contributed by atoms with Crippen LogP contribution in [0.25, 0.3) is 0 Å². The van der Waals surface area contributed by atoms with Crippen molar-refractivity contribution in [3.8, 4) is 0 Å². The Bertz CT molecular complexity index is 560. The van der Waals surface area contributed by atoms with E-state index in [0.717, 1.165) is 0 Å². The molecule has 1 rings (SSSR count). The van der Waals surface area contributed by atoms with Crippen LogP contribution in [0.1, 0.15) is 13.8 Å². The van der Waals surface area contributed by atoms with Crippen LogP contribution >= 0.6 is 11.6 Å². The zero-order chi connectivity index (χ0) is 14.6. The van der Waals surface area contributed by atoms with Crippen molar-refractivity contribution in [2.45, 2.75) is 24.8 Å². The standard InChI is InChI=1S/C11H15ClN2O4S/c1-7(2)10(11(15)18-3)14-19(16,17)8-4-5-13-9(12)6-8/h4-7,10,14H,1-3H3. The minimum absolute atomic E-state index is 0.0537. The summed E-state index contributed by atoms with van der Waals surface area (Å²) in [6, 6.07) is 1.54. The molecule has 1 aromatic rings. The van der Waals surface area contributed by atoms with Crippen LogP contribution < -0.4 is 4.72 Å². The lowest BCUT2D eigenvalue weighted by molar-refractivity contribution is -0.143. The summed E-state index contributed by atoms with van der Waals surface area (Å²) in [4.78, 5) is 15.2. The molecular formula is C11H15ClN2O4S. The van der Waals surface area contributed by atoms with E-state index in [2.05, 4.69) is 14.4 Å². The van der Waals surface area contributed by atoms with Gasteiger partial charge in [-0.05, 0) is 18.1 Å². The van der Waals surface area contributed by atoms with Crippen LogP contribution in [0.2, 0.25) is 5.15 Å². The number of methoxy groups -OCH3 is 1. The van der Waals surface area contributed by atoms with Gasteiger partial charge in [0, 0.05) is 6.20 Å². The van der Waals surface area contributed by atoms with Crippen molar-refractivity contribution in [3.05, 3.63) is 23.5 Å². The van der Waals surface area contributed by atoms with Gasteiger partial charge in [-0.3, -0.25) is 4.79 Å². The number of aromatic nitrogens is 1. The normalized spacial score (nSPS) is 13.3. The first kappa shape index (κ1) is 15.9. The van der Waals surface area contributed by atoms with Gasteiger partial charge in [0.25, 0.3) is 0 Å². The number of halogens is 1. The van der Waals surface area contributed by atoms with Crippen molar-refractivity contribution in [2.24, 2.45) is 5.92 Å². The van der Waals surface area contributed by atoms with E-state index in [9.17, 15) is 13.2 Å². The highest BCUT2D eigenvalue weighted by Crippen LogP contribution is 2.15. The molecule has 0 fully saturated rings. The van der Waals surface area contributed by atoms with Crippen LogP contribution in [-0.4, -0.2) is 32.5 Å². The molecule has 106 valence electrons. The average Bonchev–Trinajstić information content (AvgIpc) is 2.35. The highest BCUT2D eigenvalue weighted by molar-refractivity contribution is 7.89. The molecule has 19 heavy (non-hydrogen) atoms. The first-order valence-electron chi connectivity index (χ1n) is 5.49. The fraction of sp³-hybridized carbons (Fsp3) is 0.455. The third kappa shape index (κ3) is 4.15. The van der Waals surface area contributed by atoms with Crippen molar-refractivity contribution < 1.29 is 17.9 Å². The predicted molar refractivity (Wildman–Crippen MR) is 70.2 cm³/mol. The molecule has 0 saturated carbocycles. The Morgan fingerprint density at radius 2 is 2.11 bits per heavy atom. The van der Waals surface area contributed by atoms with E-state index < -0.39 is 22.0 Å². The maximum atomic E-state index is 12.1. The summed E-state index contributed by atoms with van der Waals surface area (Å²) in [6.45, 7) is 3.42. The van der Waals surface area contributed by atoms with E-state index in [0.29, 0.717) is 0 Å². The predicted octanol–water partition coefficient (Wildman–Crippen LogP) is 1.21. The van der Waals surface area contributed by atoms with Crippen LogP contribution in [0.4, 0.5) is 0 Å². The molecule has 0 amide bonds. The Morgan fingerprint density at radius 1 is 1.47 bits per heavy atom. The SMILES string of the molecule is COC(=O)C(NS(=O)(=O)c1ccnc(Cl)c1)C(C)C. The highest BCUT2D eigenvalue weighted by atomic mass is 35.5. The van der Waals surface area contributed by atoms with E-state index >= 15 is 0 Å². The van der Waals surface area contributed by atoms with Crippen molar-refractivity contribution in [2.75, 3.05) is 7.11 Å². The topological polar surface area (TPSA) is 85.4 Å². The lowest BCUT2D eigenvalue weighted by Gasteiger charge is -2.19. The van der Waals surface area contributed by atoms with Gasteiger partial charge in [-0.2, -0.15) is 4.72 Å². The summed E-state index contributed by atoms with van der Waals surface area (Å²) < 4.78 is 31.1. The Labute approximate surface area is 117 Å². The quantitative estimate of drug-likeness (QED) is 0.653. The van der Waals surface area contributed by atoms with Gasteiger partial charge < -0.3 is 4.74 Å². The number of carbonyl (C=O) groups excluding carboxylic acids is 1. The summed E-state index contributed by atoms with van der Waals surface area (Å²) in [5, 5.41) is 0.0574. The molecule has 1 N–H and O–H groups in total. The van der Waals surface area contributed by atoms with Gasteiger partial charge in [-0.25, -0.2) is 13.4 Å². The van der Waals surface area contributed by atoms with Crippen molar-refractivity contribution >= 4 is 27.6 Å². The Morgan fingerprint density at radius 3 is 2.58 bits per heavy atom. The molecule has 0 saturated heterocycles. The second-order valence-corrected chi connectivity index (χ2v) is 6.28. The molecular weight excluding hydrogens is 292 g/mol. The molecule has 1 unspecified atom stereocenters. The Kier molecular flexibility index (Phi) is 5.28. The van der Waals surface area contributed by atoms with Crippen LogP contribution in [0.3, 0.4) is 0 Å². The number of carbonyl (C=O) groups is 1. The number of ether oxygens (including phenoxy) is 1. The Hall–Kier alpha value is -1.18. The molecule has 0 aliphatic heterocycles. The van der Waals surface area contributed by atoms with Crippen LogP contribution in [-0.2, 0) is 19.6 Å². The van der Waals surface area contributed by atoms with Gasteiger partial charge in [0.2, 0.25) is 10.0 Å². The lowest BCUT2D eigenvalue weighted by Crippen LogP contribution is -2.44. The number of hydrogen-bond acceptors (Lipinski definition) is 5. The molecule has 0 spiro atoms. The summed E-state index contributed by atoms with van der Waals surface area (Å²) >= 11 is 5.64. The number of sulfonamides is 1. The zero-order valence-electron chi connectivity index (χ0n) is 10.8. The first-order valence-corrected chi connectivity index (χ1v) is 7.35. The third-order valence-electron chi connectivity index (χ3n) is 2.41. The zero-order valence-corrected chi connectivity index (χ0v) is 12.3. The minimum Gasteiger partial charge on any atom is -0.468 e.